The summed E-state index contributed by atoms with van der Waals surface area (Å²) in [5, 5.41) is 7.06. The van der Waals surface area contributed by atoms with E-state index in [4.69, 9.17) is 12.2 Å². The van der Waals surface area contributed by atoms with Gasteiger partial charge in [0.25, 0.3) is 0 Å². The SMILES string of the molecule is S=C(Nc1ccccc1)NC1C=CC=CC1. The molecule has 2 rings (SSSR count). The molecule has 0 spiro atoms. The van der Waals surface area contributed by atoms with Crippen LogP contribution >= 0.6 is 12.2 Å². The molecule has 0 fully saturated rings. The molecule has 1 aromatic rings. The molecule has 0 heterocycles. The maximum absolute atomic E-state index is 5.24. The lowest BCUT2D eigenvalue weighted by atomic mass is 10.1. The van der Waals surface area contributed by atoms with E-state index in [0.717, 1.165) is 12.1 Å². The second kappa shape index (κ2) is 5.47. The number of benzene rings is 1. The molecule has 82 valence electrons. The zero-order chi connectivity index (χ0) is 11.2. The largest absolute Gasteiger partial charge is 0.356 e. The third-order valence-electron chi connectivity index (χ3n) is 2.33. The van der Waals surface area contributed by atoms with Crippen LogP contribution < -0.4 is 10.6 Å². The van der Waals surface area contributed by atoms with E-state index in [1.54, 1.807) is 0 Å². The Labute approximate surface area is 101 Å². The summed E-state index contributed by atoms with van der Waals surface area (Å²) < 4.78 is 0. The van der Waals surface area contributed by atoms with Gasteiger partial charge in [0.15, 0.2) is 5.11 Å². The standard InChI is InChI=1S/C13H14N2S/c16-13(14-11-7-3-1-4-8-11)15-12-9-5-2-6-10-12/h1-9,12H,10H2,(H2,14,15,16). The molecule has 0 amide bonds. The van der Waals surface area contributed by atoms with Crippen molar-refractivity contribution in [1.82, 2.24) is 5.32 Å². The zero-order valence-corrected chi connectivity index (χ0v) is 9.71. The average molecular weight is 230 g/mol. The summed E-state index contributed by atoms with van der Waals surface area (Å²) >= 11 is 5.24. The molecule has 1 atom stereocenters. The van der Waals surface area contributed by atoms with Gasteiger partial charge >= 0.3 is 0 Å². The van der Waals surface area contributed by atoms with E-state index in [1.807, 2.05) is 42.5 Å². The highest BCUT2D eigenvalue weighted by molar-refractivity contribution is 7.80. The van der Waals surface area contributed by atoms with Crippen LogP contribution in [0.15, 0.2) is 54.6 Å². The molecule has 1 aromatic carbocycles. The predicted octanol–water partition coefficient (Wildman–Crippen LogP) is 2.86. The number of rotatable bonds is 2. The van der Waals surface area contributed by atoms with Crippen LogP contribution in [-0.4, -0.2) is 11.2 Å². The summed E-state index contributed by atoms with van der Waals surface area (Å²) in [6.07, 6.45) is 9.30. The highest BCUT2D eigenvalue weighted by atomic mass is 32.1. The van der Waals surface area contributed by atoms with Crippen LogP contribution in [0.2, 0.25) is 0 Å². The van der Waals surface area contributed by atoms with Gasteiger partial charge in [-0.25, -0.2) is 0 Å². The van der Waals surface area contributed by atoms with Crippen LogP contribution in [0.1, 0.15) is 6.42 Å². The second-order valence-electron chi connectivity index (χ2n) is 3.62. The monoisotopic (exact) mass is 230 g/mol. The number of hydrogen-bond donors (Lipinski definition) is 2. The first-order valence-electron chi connectivity index (χ1n) is 5.30. The molecule has 0 bridgehead atoms. The van der Waals surface area contributed by atoms with Crippen LogP contribution in [0.3, 0.4) is 0 Å². The molecule has 1 aliphatic carbocycles. The van der Waals surface area contributed by atoms with Gasteiger partial charge in [0.1, 0.15) is 0 Å². The van der Waals surface area contributed by atoms with Gasteiger partial charge in [0, 0.05) is 5.69 Å². The lowest BCUT2D eigenvalue weighted by Crippen LogP contribution is -2.36. The Morgan fingerprint density at radius 2 is 2.00 bits per heavy atom. The maximum Gasteiger partial charge on any atom is 0.171 e. The van der Waals surface area contributed by atoms with E-state index in [9.17, 15) is 0 Å². The van der Waals surface area contributed by atoms with Gasteiger partial charge in [-0.05, 0) is 30.8 Å². The predicted molar refractivity (Wildman–Crippen MR) is 72.5 cm³/mol. The molecule has 3 heteroatoms. The summed E-state index contributed by atoms with van der Waals surface area (Å²) in [7, 11) is 0. The van der Waals surface area contributed by atoms with E-state index in [0.29, 0.717) is 11.2 Å². The molecule has 2 N–H and O–H groups in total. The van der Waals surface area contributed by atoms with Crippen molar-refractivity contribution in [1.29, 1.82) is 0 Å². The van der Waals surface area contributed by atoms with Gasteiger partial charge in [0.2, 0.25) is 0 Å². The molecule has 0 saturated heterocycles. The van der Waals surface area contributed by atoms with Gasteiger partial charge in [-0.1, -0.05) is 42.5 Å². The Hall–Kier alpha value is -1.61. The van der Waals surface area contributed by atoms with Crippen molar-refractivity contribution in [2.24, 2.45) is 0 Å². The topological polar surface area (TPSA) is 24.1 Å². The molecule has 0 aliphatic heterocycles. The minimum Gasteiger partial charge on any atom is -0.356 e. The van der Waals surface area contributed by atoms with Crippen molar-refractivity contribution >= 4 is 23.0 Å². The summed E-state index contributed by atoms with van der Waals surface area (Å²) in [6, 6.07) is 10.2. The van der Waals surface area contributed by atoms with Crippen molar-refractivity contribution in [3.05, 3.63) is 54.6 Å². The van der Waals surface area contributed by atoms with Gasteiger partial charge in [-0.15, -0.1) is 0 Å². The van der Waals surface area contributed by atoms with Crippen molar-refractivity contribution < 1.29 is 0 Å². The summed E-state index contributed by atoms with van der Waals surface area (Å²) in [5.74, 6) is 0. The molecule has 2 nitrogen and oxygen atoms in total. The Morgan fingerprint density at radius 3 is 2.69 bits per heavy atom. The van der Waals surface area contributed by atoms with E-state index in [1.165, 1.54) is 0 Å². The van der Waals surface area contributed by atoms with Crippen LogP contribution in [0, 0.1) is 0 Å². The third kappa shape index (κ3) is 3.21. The van der Waals surface area contributed by atoms with Gasteiger partial charge in [0.05, 0.1) is 6.04 Å². The smallest absolute Gasteiger partial charge is 0.171 e. The first-order valence-corrected chi connectivity index (χ1v) is 5.71. The second-order valence-corrected chi connectivity index (χ2v) is 4.03. The Kier molecular flexibility index (Phi) is 3.72. The molecule has 1 aliphatic rings. The van der Waals surface area contributed by atoms with Crippen molar-refractivity contribution in [3.63, 3.8) is 0 Å². The lowest BCUT2D eigenvalue weighted by molar-refractivity contribution is 0.739. The highest BCUT2D eigenvalue weighted by Gasteiger charge is 2.06. The Bertz CT molecular complexity index is 409. The number of anilines is 1. The lowest BCUT2D eigenvalue weighted by Gasteiger charge is -2.17. The fourth-order valence-electron chi connectivity index (χ4n) is 1.54. The Balaban J connectivity index is 1.85. The van der Waals surface area contributed by atoms with E-state index < -0.39 is 0 Å². The van der Waals surface area contributed by atoms with Gasteiger partial charge in [-0.2, -0.15) is 0 Å². The van der Waals surface area contributed by atoms with Gasteiger partial charge < -0.3 is 10.6 Å². The molecule has 16 heavy (non-hydrogen) atoms. The number of para-hydroxylation sites is 1. The highest BCUT2D eigenvalue weighted by Crippen LogP contribution is 2.06. The minimum absolute atomic E-state index is 0.300. The summed E-state index contributed by atoms with van der Waals surface area (Å²) in [5.41, 5.74) is 1.01. The maximum atomic E-state index is 5.24. The summed E-state index contributed by atoms with van der Waals surface area (Å²) in [4.78, 5) is 0. The first-order chi connectivity index (χ1) is 7.84. The molecule has 1 unspecified atom stereocenters. The van der Waals surface area contributed by atoms with Crippen molar-refractivity contribution in [2.75, 3.05) is 5.32 Å². The van der Waals surface area contributed by atoms with E-state index in [-0.39, 0.29) is 0 Å². The molecule has 0 saturated carbocycles. The molecule has 0 radical (unpaired) electrons. The van der Waals surface area contributed by atoms with Crippen LogP contribution in [0.5, 0.6) is 0 Å². The quantitative estimate of drug-likeness (QED) is 0.764. The normalized spacial score (nSPS) is 18.1. The zero-order valence-electron chi connectivity index (χ0n) is 8.89. The average Bonchev–Trinajstić information content (AvgIpc) is 2.31. The number of allylic oxidation sites excluding steroid dienone is 2. The van der Waals surface area contributed by atoms with Gasteiger partial charge in [-0.3, -0.25) is 0 Å². The van der Waals surface area contributed by atoms with E-state index >= 15 is 0 Å². The molecular weight excluding hydrogens is 216 g/mol. The summed E-state index contributed by atoms with van der Waals surface area (Å²) in [6.45, 7) is 0. The Morgan fingerprint density at radius 1 is 1.19 bits per heavy atom. The first kappa shape index (κ1) is 10.9. The fourth-order valence-corrected chi connectivity index (χ4v) is 1.81. The fraction of sp³-hybridized carbons (Fsp3) is 0.154. The molecule has 0 aromatic heterocycles. The van der Waals surface area contributed by atoms with Crippen molar-refractivity contribution in [2.45, 2.75) is 12.5 Å². The van der Waals surface area contributed by atoms with E-state index in [2.05, 4.69) is 22.8 Å². The third-order valence-corrected chi connectivity index (χ3v) is 2.55. The van der Waals surface area contributed by atoms with Crippen LogP contribution in [-0.2, 0) is 0 Å². The minimum atomic E-state index is 0.300. The van der Waals surface area contributed by atoms with Crippen LogP contribution in [0.25, 0.3) is 0 Å². The van der Waals surface area contributed by atoms with Crippen LogP contribution in [0.4, 0.5) is 5.69 Å². The number of thiocarbonyl (C=S) groups is 1. The number of nitrogens with one attached hydrogen (secondary N) is 2. The molecular formula is C13H14N2S. The van der Waals surface area contributed by atoms with Crippen molar-refractivity contribution in [3.8, 4) is 0 Å². The number of hydrogen-bond acceptors (Lipinski definition) is 1.